The number of nitrogens with one attached hydrogen (secondary N) is 2. The first-order valence-electron chi connectivity index (χ1n) is 7.04. The summed E-state index contributed by atoms with van der Waals surface area (Å²) >= 11 is 0. The largest absolute Gasteiger partial charge is 0.469 e. The molecule has 0 aliphatic heterocycles. The van der Waals surface area contributed by atoms with Crippen molar-refractivity contribution in [1.82, 2.24) is 15.5 Å². The van der Waals surface area contributed by atoms with Gasteiger partial charge in [-0.3, -0.25) is 14.4 Å². The van der Waals surface area contributed by atoms with E-state index in [-0.39, 0.29) is 36.8 Å². The molecule has 2 N–H and O–H groups in total. The molecule has 1 aliphatic rings. The molecule has 0 radical (unpaired) electrons. The van der Waals surface area contributed by atoms with Crippen LogP contribution in [0.1, 0.15) is 36.1 Å². The van der Waals surface area contributed by atoms with Gasteiger partial charge in [-0.05, 0) is 31.2 Å². The lowest BCUT2D eigenvalue weighted by atomic mass is 9.91. The minimum absolute atomic E-state index is 0.111. The quantitative estimate of drug-likeness (QED) is 0.736. The van der Waals surface area contributed by atoms with Gasteiger partial charge in [-0.1, -0.05) is 0 Å². The molecule has 1 amide bonds. The number of carbonyl (C=O) groups excluding carboxylic acids is 2. The second kappa shape index (κ2) is 7.01. The van der Waals surface area contributed by atoms with Crippen LogP contribution in [0.2, 0.25) is 0 Å². The number of methoxy groups -OCH3 is 1. The average molecular weight is 293 g/mol. The molecule has 0 fully saturated rings. The highest BCUT2D eigenvalue weighted by atomic mass is 16.5. The highest BCUT2D eigenvalue weighted by Crippen LogP contribution is 2.20. The van der Waals surface area contributed by atoms with Crippen LogP contribution in [-0.2, 0) is 33.6 Å². The van der Waals surface area contributed by atoms with Crippen molar-refractivity contribution in [2.75, 3.05) is 13.7 Å². The minimum Gasteiger partial charge on any atom is -0.469 e. The molecule has 0 spiro atoms. The van der Waals surface area contributed by atoms with Crippen molar-refractivity contribution in [3.8, 4) is 0 Å². The molecule has 114 valence electrons. The van der Waals surface area contributed by atoms with Crippen molar-refractivity contribution >= 4 is 11.9 Å². The van der Waals surface area contributed by atoms with E-state index >= 15 is 0 Å². The van der Waals surface area contributed by atoms with E-state index in [0.717, 1.165) is 36.8 Å². The third kappa shape index (κ3) is 3.90. The first-order valence-corrected chi connectivity index (χ1v) is 7.04. The van der Waals surface area contributed by atoms with Gasteiger partial charge in [0.1, 0.15) is 0 Å². The number of fused-ring (bicyclic) bond motifs is 1. The number of aromatic nitrogens is 2. The zero-order chi connectivity index (χ0) is 15.2. The van der Waals surface area contributed by atoms with E-state index in [4.69, 9.17) is 0 Å². The molecule has 0 atom stereocenters. The van der Waals surface area contributed by atoms with Crippen molar-refractivity contribution in [2.24, 2.45) is 0 Å². The number of aromatic amines is 1. The van der Waals surface area contributed by atoms with Crippen molar-refractivity contribution in [3.05, 3.63) is 27.2 Å². The third-order valence-electron chi connectivity index (χ3n) is 3.59. The minimum atomic E-state index is -0.366. The number of ether oxygens (including phenoxy) is 1. The van der Waals surface area contributed by atoms with Gasteiger partial charge in [0, 0.05) is 12.1 Å². The van der Waals surface area contributed by atoms with E-state index in [1.165, 1.54) is 7.11 Å². The molecule has 0 saturated carbocycles. The van der Waals surface area contributed by atoms with Crippen molar-refractivity contribution in [2.45, 2.75) is 38.5 Å². The molecule has 1 aliphatic carbocycles. The molecular weight excluding hydrogens is 274 g/mol. The number of hydrogen-bond donors (Lipinski definition) is 2. The summed E-state index contributed by atoms with van der Waals surface area (Å²) < 4.78 is 4.50. The molecule has 1 aromatic rings. The van der Waals surface area contributed by atoms with E-state index in [9.17, 15) is 14.4 Å². The lowest BCUT2D eigenvalue weighted by molar-refractivity contribution is -0.140. The summed E-state index contributed by atoms with van der Waals surface area (Å²) in [5, 5.41) is 9.10. The van der Waals surface area contributed by atoms with E-state index in [1.54, 1.807) is 0 Å². The van der Waals surface area contributed by atoms with Crippen LogP contribution in [0.5, 0.6) is 0 Å². The number of nitrogens with zero attached hydrogens (tertiary/aromatic N) is 1. The molecule has 2 rings (SSSR count). The molecule has 0 aromatic carbocycles. The number of rotatable bonds is 5. The van der Waals surface area contributed by atoms with Crippen molar-refractivity contribution in [1.29, 1.82) is 0 Å². The Kier molecular flexibility index (Phi) is 5.08. The molecule has 1 aromatic heterocycles. The number of esters is 1. The van der Waals surface area contributed by atoms with Crippen LogP contribution in [-0.4, -0.2) is 35.7 Å². The SMILES string of the molecule is COC(=O)CCNC(=O)Cc1n[nH]c(=O)c2c1CCCC2. The number of H-pyrrole nitrogens is 1. The van der Waals surface area contributed by atoms with Gasteiger partial charge < -0.3 is 10.1 Å². The van der Waals surface area contributed by atoms with Crippen LogP contribution in [0.15, 0.2) is 4.79 Å². The fourth-order valence-corrected chi connectivity index (χ4v) is 2.49. The monoisotopic (exact) mass is 293 g/mol. The predicted octanol–water partition coefficient (Wildman–Crippen LogP) is -0.130. The summed E-state index contributed by atoms with van der Waals surface area (Å²) in [6, 6.07) is 0. The Labute approximate surface area is 122 Å². The van der Waals surface area contributed by atoms with Gasteiger partial charge in [-0.25, -0.2) is 5.10 Å². The maximum absolute atomic E-state index is 11.9. The van der Waals surface area contributed by atoms with Crippen LogP contribution < -0.4 is 10.9 Å². The summed E-state index contributed by atoms with van der Waals surface area (Å²) in [6.45, 7) is 0.233. The van der Waals surface area contributed by atoms with Crippen LogP contribution in [0.3, 0.4) is 0 Å². The second-order valence-electron chi connectivity index (χ2n) is 5.02. The molecule has 0 unspecified atom stereocenters. The first kappa shape index (κ1) is 15.2. The highest BCUT2D eigenvalue weighted by molar-refractivity contribution is 5.79. The maximum Gasteiger partial charge on any atom is 0.307 e. The van der Waals surface area contributed by atoms with Gasteiger partial charge in [0.25, 0.3) is 5.56 Å². The zero-order valence-corrected chi connectivity index (χ0v) is 12.0. The second-order valence-corrected chi connectivity index (χ2v) is 5.02. The van der Waals surface area contributed by atoms with Crippen molar-refractivity contribution < 1.29 is 14.3 Å². The summed E-state index contributed by atoms with van der Waals surface area (Å²) in [4.78, 5) is 34.5. The van der Waals surface area contributed by atoms with E-state index in [2.05, 4.69) is 20.3 Å². The number of hydrogen-bond acceptors (Lipinski definition) is 5. The molecule has 1 heterocycles. The first-order chi connectivity index (χ1) is 10.1. The fraction of sp³-hybridized carbons (Fsp3) is 0.571. The Hall–Kier alpha value is -2.18. The maximum atomic E-state index is 11.9. The average Bonchev–Trinajstić information content (AvgIpc) is 2.50. The van der Waals surface area contributed by atoms with Gasteiger partial charge in [-0.2, -0.15) is 5.10 Å². The van der Waals surface area contributed by atoms with Gasteiger partial charge in [-0.15, -0.1) is 0 Å². The number of amides is 1. The van der Waals surface area contributed by atoms with E-state index < -0.39 is 0 Å². The molecular formula is C14H19N3O4. The standard InChI is InChI=1S/C14H19N3O4/c1-21-13(19)6-7-15-12(18)8-11-9-4-2-3-5-10(9)14(20)17-16-11/h2-8H2,1H3,(H,15,18)(H,17,20). The fourth-order valence-electron chi connectivity index (χ4n) is 2.49. The molecule has 21 heavy (non-hydrogen) atoms. The van der Waals surface area contributed by atoms with Crippen LogP contribution in [0.25, 0.3) is 0 Å². The molecule has 0 bridgehead atoms. The highest BCUT2D eigenvalue weighted by Gasteiger charge is 2.19. The normalized spacial score (nSPS) is 13.4. The van der Waals surface area contributed by atoms with Crippen LogP contribution >= 0.6 is 0 Å². The lowest BCUT2D eigenvalue weighted by Crippen LogP contribution is -2.30. The van der Waals surface area contributed by atoms with Crippen molar-refractivity contribution in [3.63, 3.8) is 0 Å². The summed E-state index contributed by atoms with van der Waals surface area (Å²) in [5.41, 5.74) is 2.14. The Morgan fingerprint density at radius 3 is 2.71 bits per heavy atom. The molecule has 7 nitrogen and oxygen atoms in total. The van der Waals surface area contributed by atoms with E-state index in [1.807, 2.05) is 0 Å². The number of carbonyl (C=O) groups is 2. The Balaban J connectivity index is 1.98. The summed E-state index contributed by atoms with van der Waals surface area (Å²) in [6.07, 6.45) is 3.78. The third-order valence-corrected chi connectivity index (χ3v) is 3.59. The van der Waals surface area contributed by atoms with Crippen LogP contribution in [0, 0.1) is 0 Å². The summed E-state index contributed by atoms with van der Waals surface area (Å²) in [5.74, 6) is -0.582. The van der Waals surface area contributed by atoms with Gasteiger partial charge >= 0.3 is 5.97 Å². The molecule has 7 heteroatoms. The van der Waals surface area contributed by atoms with Gasteiger partial charge in [0.05, 0.1) is 25.6 Å². The van der Waals surface area contributed by atoms with E-state index in [0.29, 0.717) is 5.69 Å². The smallest absolute Gasteiger partial charge is 0.307 e. The molecule has 0 saturated heterocycles. The predicted molar refractivity (Wildman–Crippen MR) is 74.8 cm³/mol. The van der Waals surface area contributed by atoms with Crippen LogP contribution in [0.4, 0.5) is 0 Å². The van der Waals surface area contributed by atoms with Gasteiger partial charge in [0.15, 0.2) is 0 Å². The Bertz CT molecular complexity index is 594. The zero-order valence-electron chi connectivity index (χ0n) is 12.0. The Morgan fingerprint density at radius 2 is 2.00 bits per heavy atom. The Morgan fingerprint density at radius 1 is 1.29 bits per heavy atom. The van der Waals surface area contributed by atoms with Gasteiger partial charge in [0.2, 0.25) is 5.91 Å². The lowest BCUT2D eigenvalue weighted by Gasteiger charge is -2.17. The summed E-state index contributed by atoms with van der Waals surface area (Å²) in [7, 11) is 1.31. The topological polar surface area (TPSA) is 101 Å².